The minimum atomic E-state index is -1.12. The van der Waals surface area contributed by atoms with Crippen molar-refractivity contribution in [2.45, 2.75) is 25.8 Å². The van der Waals surface area contributed by atoms with Crippen LogP contribution in [0.4, 0.5) is 10.1 Å². The first-order chi connectivity index (χ1) is 9.35. The van der Waals surface area contributed by atoms with Crippen LogP contribution in [0.1, 0.15) is 30.1 Å². The molecule has 0 bridgehead atoms. The number of benzene rings is 1. The quantitative estimate of drug-likeness (QED) is 0.610. The second-order valence-electron chi connectivity index (χ2n) is 4.10. The van der Waals surface area contributed by atoms with E-state index in [1.165, 1.54) is 0 Å². The number of nitrogens with one attached hydrogen (secondary N) is 1. The number of nitro groups is 1. The van der Waals surface area contributed by atoms with Gasteiger partial charge in [-0.2, -0.15) is 4.39 Å². The van der Waals surface area contributed by atoms with E-state index in [-0.39, 0.29) is 12.0 Å². The van der Waals surface area contributed by atoms with Gasteiger partial charge in [-0.3, -0.25) is 19.7 Å². The summed E-state index contributed by atoms with van der Waals surface area (Å²) in [5.41, 5.74) is -0.823. The first-order valence-electron chi connectivity index (χ1n) is 5.81. The van der Waals surface area contributed by atoms with Gasteiger partial charge in [0.1, 0.15) is 0 Å². The van der Waals surface area contributed by atoms with Gasteiger partial charge in [0.15, 0.2) is 0 Å². The summed E-state index contributed by atoms with van der Waals surface area (Å²) in [7, 11) is 0. The molecule has 0 fully saturated rings. The second-order valence-corrected chi connectivity index (χ2v) is 4.10. The highest BCUT2D eigenvalue weighted by atomic mass is 19.1. The number of hydrogen-bond donors (Lipinski definition) is 2. The number of aliphatic carboxylic acids is 1. The maximum atomic E-state index is 13.4. The van der Waals surface area contributed by atoms with Crippen LogP contribution in [-0.4, -0.2) is 27.9 Å². The Morgan fingerprint density at radius 2 is 2.15 bits per heavy atom. The fourth-order valence-electron chi connectivity index (χ4n) is 1.57. The van der Waals surface area contributed by atoms with E-state index < -0.39 is 34.3 Å². The van der Waals surface area contributed by atoms with E-state index in [0.29, 0.717) is 6.42 Å². The van der Waals surface area contributed by atoms with Gasteiger partial charge >= 0.3 is 11.7 Å². The summed E-state index contributed by atoms with van der Waals surface area (Å²) in [4.78, 5) is 31.9. The molecule has 0 saturated carbocycles. The zero-order valence-corrected chi connectivity index (χ0v) is 10.6. The Morgan fingerprint density at radius 3 is 2.60 bits per heavy atom. The van der Waals surface area contributed by atoms with Crippen LogP contribution in [0.5, 0.6) is 0 Å². The Kier molecular flexibility index (Phi) is 5.13. The highest BCUT2D eigenvalue weighted by Gasteiger charge is 2.19. The Labute approximate surface area is 113 Å². The standard InChI is InChI=1S/C12H13FN2O5/c1-2-8(6-11(16)17)14-12(18)7-3-4-10(15(19)20)9(13)5-7/h3-5,8H,2,6H2,1H3,(H,14,18)(H,16,17). The van der Waals surface area contributed by atoms with Crippen LogP contribution in [0.3, 0.4) is 0 Å². The molecule has 0 aliphatic heterocycles. The normalized spacial score (nSPS) is 11.7. The minimum Gasteiger partial charge on any atom is -0.481 e. The monoisotopic (exact) mass is 284 g/mol. The molecule has 7 nitrogen and oxygen atoms in total. The molecule has 1 atom stereocenters. The van der Waals surface area contributed by atoms with Gasteiger partial charge < -0.3 is 10.4 Å². The number of carboxylic acids is 1. The summed E-state index contributed by atoms with van der Waals surface area (Å²) in [6.45, 7) is 1.70. The van der Waals surface area contributed by atoms with Gasteiger partial charge in [-0.05, 0) is 18.6 Å². The summed E-state index contributed by atoms with van der Waals surface area (Å²) in [5, 5.41) is 21.5. The van der Waals surface area contributed by atoms with Crippen LogP contribution >= 0.6 is 0 Å². The first-order valence-corrected chi connectivity index (χ1v) is 5.81. The Balaban J connectivity index is 2.84. The molecular formula is C12H13FN2O5. The van der Waals surface area contributed by atoms with Crippen LogP contribution in [-0.2, 0) is 4.79 Å². The maximum absolute atomic E-state index is 13.4. The summed E-state index contributed by atoms with van der Waals surface area (Å²) >= 11 is 0. The summed E-state index contributed by atoms with van der Waals surface area (Å²) in [5.74, 6) is -2.85. The van der Waals surface area contributed by atoms with Crippen molar-refractivity contribution in [2.75, 3.05) is 0 Å². The van der Waals surface area contributed by atoms with Crippen molar-refractivity contribution in [1.29, 1.82) is 0 Å². The first kappa shape index (κ1) is 15.5. The van der Waals surface area contributed by atoms with Crippen molar-refractivity contribution < 1.29 is 24.0 Å². The molecule has 1 aromatic rings. The number of nitrogens with zero attached hydrogens (tertiary/aromatic N) is 1. The topological polar surface area (TPSA) is 110 Å². The molecule has 0 radical (unpaired) electrons. The van der Waals surface area contributed by atoms with Crippen molar-refractivity contribution in [1.82, 2.24) is 5.32 Å². The molecule has 108 valence electrons. The number of nitro benzene ring substituents is 1. The summed E-state index contributed by atoms with van der Waals surface area (Å²) in [6.07, 6.45) is 0.144. The van der Waals surface area contributed by atoms with Crippen LogP contribution in [0.2, 0.25) is 0 Å². The van der Waals surface area contributed by atoms with E-state index in [2.05, 4.69) is 5.32 Å². The van der Waals surface area contributed by atoms with E-state index in [1.807, 2.05) is 0 Å². The molecule has 1 amide bonds. The SMILES string of the molecule is CCC(CC(=O)O)NC(=O)c1ccc([N+](=O)[O-])c(F)c1. The lowest BCUT2D eigenvalue weighted by atomic mass is 10.1. The van der Waals surface area contributed by atoms with Crippen molar-refractivity contribution in [3.8, 4) is 0 Å². The van der Waals surface area contributed by atoms with Crippen molar-refractivity contribution in [2.24, 2.45) is 0 Å². The molecule has 1 unspecified atom stereocenters. The zero-order valence-electron chi connectivity index (χ0n) is 10.6. The highest BCUT2D eigenvalue weighted by Crippen LogP contribution is 2.18. The molecule has 2 N–H and O–H groups in total. The van der Waals surface area contributed by atoms with Gasteiger partial charge in [-0.25, -0.2) is 0 Å². The van der Waals surface area contributed by atoms with E-state index in [0.717, 1.165) is 18.2 Å². The molecule has 0 aliphatic carbocycles. The molecule has 0 heterocycles. The number of halogens is 1. The summed E-state index contributed by atoms with van der Waals surface area (Å²) < 4.78 is 13.4. The third-order valence-electron chi connectivity index (χ3n) is 2.66. The predicted octanol–water partition coefficient (Wildman–Crippen LogP) is 1.72. The predicted molar refractivity (Wildman–Crippen MR) is 66.9 cm³/mol. The number of rotatable bonds is 6. The van der Waals surface area contributed by atoms with E-state index >= 15 is 0 Å². The van der Waals surface area contributed by atoms with Crippen LogP contribution in [0, 0.1) is 15.9 Å². The van der Waals surface area contributed by atoms with Crippen LogP contribution in [0.25, 0.3) is 0 Å². The molecule has 1 aromatic carbocycles. The minimum absolute atomic E-state index is 0.100. The van der Waals surface area contributed by atoms with Gasteiger partial charge in [0, 0.05) is 17.7 Å². The van der Waals surface area contributed by atoms with Gasteiger partial charge in [-0.15, -0.1) is 0 Å². The van der Waals surface area contributed by atoms with Crippen LogP contribution < -0.4 is 5.32 Å². The molecule has 20 heavy (non-hydrogen) atoms. The van der Waals surface area contributed by atoms with E-state index in [1.54, 1.807) is 6.92 Å². The number of carbonyl (C=O) groups is 2. The average Bonchev–Trinajstić information content (AvgIpc) is 2.36. The Hall–Kier alpha value is -2.51. The molecular weight excluding hydrogens is 271 g/mol. The number of amides is 1. The smallest absolute Gasteiger partial charge is 0.305 e. The van der Waals surface area contributed by atoms with Gasteiger partial charge in [-0.1, -0.05) is 6.92 Å². The van der Waals surface area contributed by atoms with Crippen molar-refractivity contribution in [3.05, 3.63) is 39.7 Å². The van der Waals surface area contributed by atoms with Gasteiger partial charge in [0.2, 0.25) is 5.82 Å². The number of carbonyl (C=O) groups excluding carboxylic acids is 1. The lowest BCUT2D eigenvalue weighted by Crippen LogP contribution is -2.36. The van der Waals surface area contributed by atoms with Gasteiger partial charge in [0.25, 0.3) is 5.91 Å². The van der Waals surface area contributed by atoms with Crippen LogP contribution in [0.15, 0.2) is 18.2 Å². The van der Waals surface area contributed by atoms with Crippen molar-refractivity contribution in [3.63, 3.8) is 0 Å². The third-order valence-corrected chi connectivity index (χ3v) is 2.66. The molecule has 0 saturated heterocycles. The largest absolute Gasteiger partial charge is 0.481 e. The fraction of sp³-hybridized carbons (Fsp3) is 0.333. The summed E-state index contributed by atoms with van der Waals surface area (Å²) in [6, 6.07) is 2.17. The Morgan fingerprint density at radius 1 is 1.50 bits per heavy atom. The Bertz CT molecular complexity index is 547. The van der Waals surface area contributed by atoms with Crippen molar-refractivity contribution >= 4 is 17.6 Å². The average molecular weight is 284 g/mol. The molecule has 0 aliphatic rings. The van der Waals surface area contributed by atoms with Gasteiger partial charge in [0.05, 0.1) is 11.3 Å². The van der Waals surface area contributed by atoms with E-state index in [4.69, 9.17) is 5.11 Å². The second kappa shape index (κ2) is 6.60. The molecule has 0 spiro atoms. The lowest BCUT2D eigenvalue weighted by molar-refractivity contribution is -0.387. The highest BCUT2D eigenvalue weighted by molar-refractivity contribution is 5.94. The maximum Gasteiger partial charge on any atom is 0.305 e. The zero-order chi connectivity index (χ0) is 15.3. The van der Waals surface area contributed by atoms with E-state index in [9.17, 15) is 24.1 Å². The number of carboxylic acid groups (broad SMARTS) is 1. The molecule has 8 heteroatoms. The molecule has 0 aromatic heterocycles. The lowest BCUT2D eigenvalue weighted by Gasteiger charge is -2.14. The molecule has 1 rings (SSSR count). The number of hydrogen-bond acceptors (Lipinski definition) is 4. The third kappa shape index (κ3) is 4.01. The fourth-order valence-corrected chi connectivity index (χ4v) is 1.57.